The third-order valence-electron chi connectivity index (χ3n) is 9.40. The maximum absolute atomic E-state index is 16.5. The molecular formula is C32H35F2N5. The molecule has 7 rings (SSSR count). The number of rotatable bonds is 5. The van der Waals surface area contributed by atoms with E-state index in [1.165, 1.54) is 51.3 Å². The molecule has 1 atom stereocenters. The number of benzene rings is 2. The molecule has 0 N–H and O–H groups in total. The first-order valence-electron chi connectivity index (χ1n) is 14.6. The van der Waals surface area contributed by atoms with Gasteiger partial charge in [-0.3, -0.25) is 9.88 Å². The number of anilines is 1. The Labute approximate surface area is 228 Å². The quantitative estimate of drug-likeness (QED) is 0.282. The summed E-state index contributed by atoms with van der Waals surface area (Å²) in [6.45, 7) is 6.41. The second-order valence-corrected chi connectivity index (χ2v) is 11.9. The molecule has 39 heavy (non-hydrogen) atoms. The molecule has 0 saturated carbocycles. The predicted octanol–water partition coefficient (Wildman–Crippen LogP) is 6.92. The van der Waals surface area contributed by atoms with E-state index < -0.39 is 5.82 Å². The highest BCUT2D eigenvalue weighted by atomic mass is 19.1. The monoisotopic (exact) mass is 527 g/mol. The highest BCUT2D eigenvalue weighted by Crippen LogP contribution is 2.42. The number of hydrogen-bond donors (Lipinski definition) is 0. The topological polar surface area (TPSA) is 45.2 Å². The van der Waals surface area contributed by atoms with Crippen LogP contribution in [0, 0.1) is 17.6 Å². The van der Waals surface area contributed by atoms with E-state index in [-0.39, 0.29) is 17.1 Å². The lowest BCUT2D eigenvalue weighted by Gasteiger charge is -2.33. The number of aromatic nitrogens is 3. The van der Waals surface area contributed by atoms with E-state index in [0.717, 1.165) is 43.6 Å². The van der Waals surface area contributed by atoms with Crippen LogP contribution < -0.4 is 4.90 Å². The molecule has 0 amide bonds. The van der Waals surface area contributed by atoms with Crippen molar-refractivity contribution in [2.75, 3.05) is 31.1 Å². The van der Waals surface area contributed by atoms with Crippen molar-refractivity contribution in [1.29, 1.82) is 0 Å². The van der Waals surface area contributed by atoms with Crippen LogP contribution in [-0.2, 0) is 6.42 Å². The van der Waals surface area contributed by atoms with Crippen molar-refractivity contribution in [2.45, 2.75) is 63.8 Å². The zero-order valence-electron chi connectivity index (χ0n) is 22.6. The van der Waals surface area contributed by atoms with Crippen LogP contribution in [0.4, 0.5) is 14.6 Å². The van der Waals surface area contributed by atoms with Crippen molar-refractivity contribution in [3.8, 4) is 11.3 Å². The summed E-state index contributed by atoms with van der Waals surface area (Å²) >= 11 is 0. The fraction of sp³-hybridized carbons (Fsp3) is 0.469. The van der Waals surface area contributed by atoms with Gasteiger partial charge in [0.15, 0.2) is 5.82 Å². The molecule has 3 saturated heterocycles. The predicted molar refractivity (Wildman–Crippen MR) is 152 cm³/mol. The molecule has 0 bridgehead atoms. The van der Waals surface area contributed by atoms with Gasteiger partial charge in [0, 0.05) is 42.2 Å². The van der Waals surface area contributed by atoms with E-state index in [1.807, 2.05) is 18.2 Å². The first kappa shape index (κ1) is 24.8. The molecular weight excluding hydrogens is 492 g/mol. The summed E-state index contributed by atoms with van der Waals surface area (Å²) < 4.78 is 31.4. The summed E-state index contributed by atoms with van der Waals surface area (Å²) in [7, 11) is 0. The number of hydrogen-bond acceptors (Lipinski definition) is 5. The first-order chi connectivity index (χ1) is 19.0. The molecule has 0 radical (unpaired) electrons. The summed E-state index contributed by atoms with van der Waals surface area (Å²) in [5, 5.41) is 1.74. The third-order valence-corrected chi connectivity index (χ3v) is 9.40. The van der Waals surface area contributed by atoms with Gasteiger partial charge in [0.05, 0.1) is 5.39 Å². The summed E-state index contributed by atoms with van der Waals surface area (Å²) in [4.78, 5) is 19.4. The van der Waals surface area contributed by atoms with Gasteiger partial charge in [0.1, 0.15) is 28.7 Å². The highest BCUT2D eigenvalue weighted by molar-refractivity contribution is 5.99. The minimum absolute atomic E-state index is 0.136. The van der Waals surface area contributed by atoms with Crippen LogP contribution >= 0.6 is 0 Å². The Morgan fingerprint density at radius 2 is 1.77 bits per heavy atom. The summed E-state index contributed by atoms with van der Waals surface area (Å²) in [6.07, 6.45) is 10.7. The lowest BCUT2D eigenvalue weighted by atomic mass is 9.88. The van der Waals surface area contributed by atoms with E-state index in [4.69, 9.17) is 9.97 Å². The van der Waals surface area contributed by atoms with Crippen LogP contribution in [0.25, 0.3) is 32.9 Å². The van der Waals surface area contributed by atoms with Crippen molar-refractivity contribution in [3.63, 3.8) is 0 Å². The molecule has 3 fully saturated rings. The number of aryl methyl sites for hydroxylation is 1. The normalized spacial score (nSPS) is 21.2. The molecule has 0 aliphatic carbocycles. The van der Waals surface area contributed by atoms with Crippen molar-refractivity contribution in [2.24, 2.45) is 5.92 Å². The van der Waals surface area contributed by atoms with Crippen LogP contribution in [-0.4, -0.2) is 51.6 Å². The second-order valence-electron chi connectivity index (χ2n) is 11.9. The lowest BCUT2D eigenvalue weighted by molar-refractivity contribution is 0.182. The zero-order valence-corrected chi connectivity index (χ0v) is 22.6. The van der Waals surface area contributed by atoms with Gasteiger partial charge in [0.25, 0.3) is 0 Å². The van der Waals surface area contributed by atoms with Crippen LogP contribution in [0.2, 0.25) is 0 Å². The fourth-order valence-corrected chi connectivity index (χ4v) is 7.48. The van der Waals surface area contributed by atoms with E-state index in [1.54, 1.807) is 18.3 Å². The lowest BCUT2D eigenvalue weighted by Crippen LogP contribution is -2.38. The molecule has 4 aromatic rings. The van der Waals surface area contributed by atoms with E-state index in [9.17, 15) is 4.39 Å². The maximum Gasteiger partial charge on any atom is 0.175 e. The summed E-state index contributed by atoms with van der Waals surface area (Å²) in [6, 6.07) is 10.3. The average molecular weight is 528 g/mol. The molecule has 5 heterocycles. The Hall–Kier alpha value is -3.19. The van der Waals surface area contributed by atoms with Gasteiger partial charge in [-0.2, -0.15) is 0 Å². The Morgan fingerprint density at radius 3 is 2.56 bits per heavy atom. The molecule has 3 aliphatic rings. The van der Waals surface area contributed by atoms with Gasteiger partial charge in [-0.05, 0) is 75.4 Å². The smallest absolute Gasteiger partial charge is 0.175 e. The Kier molecular flexibility index (Phi) is 6.22. The molecule has 2 aromatic carbocycles. The molecule has 5 nitrogen and oxygen atoms in total. The van der Waals surface area contributed by atoms with Crippen molar-refractivity contribution < 1.29 is 8.78 Å². The number of nitrogens with zero attached hydrogens (tertiary/aromatic N) is 5. The van der Waals surface area contributed by atoms with Gasteiger partial charge in [-0.1, -0.05) is 37.3 Å². The summed E-state index contributed by atoms with van der Waals surface area (Å²) in [5.41, 5.74) is 1.13. The van der Waals surface area contributed by atoms with Gasteiger partial charge in [0.2, 0.25) is 0 Å². The van der Waals surface area contributed by atoms with Crippen LogP contribution in [0.5, 0.6) is 0 Å². The molecule has 3 aliphatic heterocycles. The van der Waals surface area contributed by atoms with Gasteiger partial charge >= 0.3 is 0 Å². The minimum Gasteiger partial charge on any atom is -0.356 e. The van der Waals surface area contributed by atoms with E-state index in [2.05, 4.69) is 21.7 Å². The van der Waals surface area contributed by atoms with Gasteiger partial charge in [-0.25, -0.2) is 18.7 Å². The van der Waals surface area contributed by atoms with Gasteiger partial charge in [-0.15, -0.1) is 0 Å². The fourth-order valence-electron chi connectivity index (χ4n) is 7.48. The number of fused-ring (bicyclic) bond motifs is 3. The molecule has 2 aromatic heterocycles. The van der Waals surface area contributed by atoms with E-state index >= 15 is 4.39 Å². The molecule has 0 spiro atoms. The molecule has 1 unspecified atom stereocenters. The Morgan fingerprint density at radius 1 is 0.974 bits per heavy atom. The van der Waals surface area contributed by atoms with Crippen LogP contribution in [0.15, 0.2) is 42.6 Å². The van der Waals surface area contributed by atoms with Crippen molar-refractivity contribution >= 4 is 27.5 Å². The number of halogens is 2. The largest absolute Gasteiger partial charge is 0.356 e. The standard InChI is InChI=1S/C32H35F2N5/c1-21-7-4-16-38(20-21)31-24-19-35-29(23-10-2-8-22-9-3-11-25(33)27(22)23)28(34)30(24)36-26(37-31)12-15-32-13-5-17-39(32)18-6-14-32/h2-3,8-11,19,21H,4-7,12-18,20H2,1H3. The Bertz CT molecular complexity index is 1540. The van der Waals surface area contributed by atoms with Crippen LogP contribution in [0.3, 0.4) is 0 Å². The first-order valence-corrected chi connectivity index (χ1v) is 14.6. The van der Waals surface area contributed by atoms with Crippen molar-refractivity contribution in [3.05, 3.63) is 60.1 Å². The second kappa shape index (κ2) is 9.77. The average Bonchev–Trinajstić information content (AvgIpc) is 3.53. The van der Waals surface area contributed by atoms with Crippen LogP contribution in [0.1, 0.15) is 57.7 Å². The maximum atomic E-state index is 16.5. The molecule has 202 valence electrons. The number of pyridine rings is 1. The highest BCUT2D eigenvalue weighted by Gasteiger charge is 2.43. The van der Waals surface area contributed by atoms with Crippen molar-refractivity contribution in [1.82, 2.24) is 19.9 Å². The number of piperidine rings is 1. The Balaban J connectivity index is 1.35. The van der Waals surface area contributed by atoms with E-state index in [0.29, 0.717) is 33.6 Å². The molecule has 7 heteroatoms. The summed E-state index contributed by atoms with van der Waals surface area (Å²) in [5.74, 6) is 1.15. The van der Waals surface area contributed by atoms with Gasteiger partial charge < -0.3 is 4.90 Å². The minimum atomic E-state index is -0.500. The third kappa shape index (κ3) is 4.26. The SMILES string of the molecule is CC1CCCN(c2nc(CCC34CCCN3CCC4)nc3c(F)c(-c4cccc5cccc(F)c45)ncc23)C1. The zero-order chi connectivity index (χ0) is 26.6.